The van der Waals surface area contributed by atoms with Gasteiger partial charge in [-0.25, -0.2) is 13.6 Å². The number of carbonyl (C=O) groups excluding carboxylic acids is 1. The summed E-state index contributed by atoms with van der Waals surface area (Å²) in [6.45, 7) is -0.0732. The number of hydrogen-bond donors (Lipinski definition) is 4. The van der Waals surface area contributed by atoms with E-state index in [0.717, 1.165) is 0 Å². The third-order valence-electron chi connectivity index (χ3n) is 4.27. The van der Waals surface area contributed by atoms with Crippen LogP contribution in [0.25, 0.3) is 11.1 Å². The molecule has 0 saturated heterocycles. The lowest BCUT2D eigenvalue weighted by Gasteiger charge is -2.10. The van der Waals surface area contributed by atoms with E-state index in [-0.39, 0.29) is 23.4 Å². The smallest absolute Gasteiger partial charge is 0.253 e. The van der Waals surface area contributed by atoms with Crippen LogP contribution in [0, 0.1) is 5.41 Å². The fraction of sp³-hybridized carbons (Fsp3) is 0.0476. The normalized spacial score (nSPS) is 11.0. The summed E-state index contributed by atoms with van der Waals surface area (Å²) in [6, 6.07) is 19.5. The molecule has 0 aliphatic carbocycles. The zero-order valence-corrected chi connectivity index (χ0v) is 16.6. The molecule has 0 bridgehead atoms. The lowest BCUT2D eigenvalue weighted by atomic mass is 10.0. The molecule has 3 rings (SSSR count). The Labute approximate surface area is 174 Å². The van der Waals surface area contributed by atoms with E-state index in [4.69, 9.17) is 21.0 Å². The molecule has 0 aliphatic heterocycles. The number of hydrogen-bond acceptors (Lipinski definition) is 5. The molecule has 0 fully saturated rings. The van der Waals surface area contributed by atoms with Crippen LogP contribution in [-0.4, -0.2) is 26.9 Å². The molecule has 1 amide bonds. The number of rotatable bonds is 7. The quantitative estimate of drug-likeness (QED) is 0.260. The number of amides is 1. The standard InChI is InChI=1S/C21H20N4O4S/c22-20(23)16-4-3-5-17(12-16)29-13-25-21(26)15-10-8-14(9-11-15)18-6-1-2-7-19(18)30(24,27)28/h1-12H,13H2,(H3,22,23)(H,25,26)(H2,24,27,28). The van der Waals surface area contributed by atoms with Crippen molar-refractivity contribution in [1.29, 1.82) is 5.41 Å². The number of nitrogen functional groups attached to an aromatic ring is 1. The molecule has 0 radical (unpaired) electrons. The van der Waals surface area contributed by atoms with Crippen molar-refractivity contribution in [2.24, 2.45) is 10.9 Å². The number of nitrogens with one attached hydrogen (secondary N) is 2. The van der Waals surface area contributed by atoms with Crippen LogP contribution in [0.4, 0.5) is 0 Å². The van der Waals surface area contributed by atoms with Gasteiger partial charge in [-0.15, -0.1) is 0 Å². The van der Waals surface area contributed by atoms with Gasteiger partial charge in [-0.05, 0) is 35.9 Å². The Balaban J connectivity index is 1.66. The Bertz CT molecular complexity index is 1190. The van der Waals surface area contributed by atoms with Crippen LogP contribution in [0.1, 0.15) is 15.9 Å². The minimum Gasteiger partial charge on any atom is -0.473 e. The van der Waals surface area contributed by atoms with Gasteiger partial charge >= 0.3 is 0 Å². The Morgan fingerprint density at radius 3 is 2.33 bits per heavy atom. The molecule has 0 aromatic heterocycles. The van der Waals surface area contributed by atoms with Gasteiger partial charge in [0.25, 0.3) is 5.91 Å². The van der Waals surface area contributed by atoms with E-state index in [0.29, 0.717) is 28.0 Å². The maximum absolute atomic E-state index is 12.3. The lowest BCUT2D eigenvalue weighted by Crippen LogP contribution is -2.27. The van der Waals surface area contributed by atoms with Gasteiger partial charge in [0.1, 0.15) is 11.6 Å². The summed E-state index contributed by atoms with van der Waals surface area (Å²) in [7, 11) is -3.87. The summed E-state index contributed by atoms with van der Waals surface area (Å²) in [5, 5.41) is 15.3. The molecular weight excluding hydrogens is 404 g/mol. The largest absolute Gasteiger partial charge is 0.473 e. The average molecular weight is 424 g/mol. The molecule has 0 saturated carbocycles. The molecule has 0 aliphatic rings. The Hall–Kier alpha value is -3.69. The summed E-state index contributed by atoms with van der Waals surface area (Å²) in [5.74, 6) is 0.0375. The first-order valence-corrected chi connectivity index (χ1v) is 10.4. The summed E-state index contributed by atoms with van der Waals surface area (Å²) in [4.78, 5) is 12.3. The Kier molecular flexibility index (Phi) is 6.14. The van der Waals surface area contributed by atoms with Crippen molar-refractivity contribution in [2.75, 3.05) is 6.73 Å². The van der Waals surface area contributed by atoms with E-state index in [1.807, 2.05) is 0 Å². The number of ether oxygens (including phenoxy) is 1. The number of sulfonamides is 1. The van der Waals surface area contributed by atoms with Crippen molar-refractivity contribution in [2.45, 2.75) is 4.90 Å². The van der Waals surface area contributed by atoms with E-state index in [2.05, 4.69) is 5.32 Å². The number of carbonyl (C=O) groups is 1. The second-order valence-corrected chi connectivity index (χ2v) is 7.88. The Morgan fingerprint density at radius 1 is 0.967 bits per heavy atom. The van der Waals surface area contributed by atoms with Gasteiger partial charge in [-0.2, -0.15) is 0 Å². The van der Waals surface area contributed by atoms with Crippen LogP contribution in [0.15, 0.2) is 77.7 Å². The van der Waals surface area contributed by atoms with E-state index < -0.39 is 10.0 Å². The van der Waals surface area contributed by atoms with E-state index >= 15 is 0 Å². The predicted molar refractivity (Wildman–Crippen MR) is 114 cm³/mol. The highest BCUT2D eigenvalue weighted by molar-refractivity contribution is 7.89. The summed E-state index contributed by atoms with van der Waals surface area (Å²) >= 11 is 0. The average Bonchev–Trinajstić information content (AvgIpc) is 2.73. The Morgan fingerprint density at radius 2 is 1.67 bits per heavy atom. The molecule has 0 atom stereocenters. The second kappa shape index (κ2) is 8.76. The molecule has 3 aromatic carbocycles. The topological polar surface area (TPSA) is 148 Å². The van der Waals surface area contributed by atoms with Crippen LogP contribution >= 0.6 is 0 Å². The number of benzene rings is 3. The monoisotopic (exact) mass is 424 g/mol. The van der Waals surface area contributed by atoms with Crippen molar-refractivity contribution in [3.8, 4) is 16.9 Å². The first-order chi connectivity index (χ1) is 14.3. The summed E-state index contributed by atoms with van der Waals surface area (Å²) in [5.41, 5.74) is 7.42. The maximum atomic E-state index is 12.3. The fourth-order valence-corrected chi connectivity index (χ4v) is 3.56. The van der Waals surface area contributed by atoms with E-state index in [9.17, 15) is 13.2 Å². The second-order valence-electron chi connectivity index (χ2n) is 6.35. The molecule has 0 spiro atoms. The molecule has 30 heavy (non-hydrogen) atoms. The highest BCUT2D eigenvalue weighted by atomic mass is 32.2. The first kappa shape index (κ1) is 21.0. The van der Waals surface area contributed by atoms with Crippen LogP contribution < -0.4 is 20.9 Å². The fourth-order valence-electron chi connectivity index (χ4n) is 2.79. The van der Waals surface area contributed by atoms with Gasteiger partial charge in [0.15, 0.2) is 6.73 Å². The van der Waals surface area contributed by atoms with Crippen LogP contribution in [0.3, 0.4) is 0 Å². The van der Waals surface area contributed by atoms with E-state index in [1.165, 1.54) is 6.07 Å². The van der Waals surface area contributed by atoms with Crippen LogP contribution in [0.2, 0.25) is 0 Å². The third-order valence-corrected chi connectivity index (χ3v) is 5.24. The number of amidine groups is 1. The summed E-state index contributed by atoms with van der Waals surface area (Å²) in [6.07, 6.45) is 0. The zero-order valence-electron chi connectivity index (χ0n) is 15.8. The van der Waals surface area contributed by atoms with Gasteiger partial charge in [-0.1, -0.05) is 42.5 Å². The van der Waals surface area contributed by atoms with Gasteiger partial charge in [0.2, 0.25) is 10.0 Å². The minimum absolute atomic E-state index is 0.0170. The van der Waals surface area contributed by atoms with Crippen molar-refractivity contribution in [1.82, 2.24) is 5.32 Å². The first-order valence-electron chi connectivity index (χ1n) is 8.83. The van der Waals surface area contributed by atoms with Crippen molar-refractivity contribution in [3.05, 3.63) is 83.9 Å². The van der Waals surface area contributed by atoms with Gasteiger partial charge in [-0.3, -0.25) is 10.2 Å². The SMILES string of the molecule is N=C(N)c1cccc(OCNC(=O)c2ccc(-c3ccccc3S(N)(=O)=O)cc2)c1. The van der Waals surface area contributed by atoms with Crippen molar-refractivity contribution < 1.29 is 17.9 Å². The zero-order chi connectivity index (χ0) is 21.7. The predicted octanol–water partition coefficient (Wildman–Crippen LogP) is 2.05. The number of primary sulfonamides is 1. The third kappa shape index (κ3) is 5.02. The van der Waals surface area contributed by atoms with Crippen molar-refractivity contribution in [3.63, 3.8) is 0 Å². The van der Waals surface area contributed by atoms with Crippen LogP contribution in [-0.2, 0) is 10.0 Å². The maximum Gasteiger partial charge on any atom is 0.253 e. The summed E-state index contributed by atoms with van der Waals surface area (Å²) < 4.78 is 29.0. The van der Waals surface area contributed by atoms with Crippen LogP contribution in [0.5, 0.6) is 5.75 Å². The van der Waals surface area contributed by atoms with Crippen molar-refractivity contribution >= 4 is 21.8 Å². The molecule has 0 heterocycles. The van der Waals surface area contributed by atoms with E-state index in [1.54, 1.807) is 66.7 Å². The highest BCUT2D eigenvalue weighted by Gasteiger charge is 2.15. The molecular formula is C21H20N4O4S. The minimum atomic E-state index is -3.87. The highest BCUT2D eigenvalue weighted by Crippen LogP contribution is 2.26. The van der Waals surface area contributed by atoms with Gasteiger partial charge in [0.05, 0.1) is 4.90 Å². The lowest BCUT2D eigenvalue weighted by molar-refractivity contribution is 0.0919. The molecule has 3 aromatic rings. The molecule has 8 nitrogen and oxygen atoms in total. The van der Waals surface area contributed by atoms with Gasteiger partial charge < -0.3 is 15.8 Å². The van der Waals surface area contributed by atoms with Gasteiger partial charge in [0, 0.05) is 16.7 Å². The molecule has 6 N–H and O–H groups in total. The number of nitrogens with two attached hydrogens (primary N) is 2. The molecule has 154 valence electrons. The molecule has 9 heteroatoms. The molecule has 0 unspecified atom stereocenters.